The minimum Gasteiger partial charge on any atom is -0.494 e. The van der Waals surface area contributed by atoms with E-state index in [2.05, 4.69) is 4.72 Å². The highest BCUT2D eigenvalue weighted by molar-refractivity contribution is 7.92. The molecule has 0 bridgehead atoms. The van der Waals surface area contributed by atoms with Crippen LogP contribution in [0.4, 0.5) is 5.69 Å². The van der Waals surface area contributed by atoms with Gasteiger partial charge in [-0.25, -0.2) is 26.3 Å². The number of nitrogens with one attached hydrogen (secondary N) is 2. The molecule has 0 unspecified atom stereocenters. The number of aromatic nitrogens is 1. The second kappa shape index (κ2) is 13.7. The summed E-state index contributed by atoms with van der Waals surface area (Å²) in [6.07, 6.45) is 6.00. The SMILES string of the molecule is CCOc1ccc(S(=O)(=O)Nc2cc3c(C(=O)NO)cn(S(=O)(=O)c4ccc(Oc5ccc(CC6CCC6)cc5)cc4)c3c3ccccc23)cc1. The summed E-state index contributed by atoms with van der Waals surface area (Å²) in [7, 11) is -8.47. The topological polar surface area (TPSA) is 153 Å². The van der Waals surface area contributed by atoms with Gasteiger partial charge in [-0.05, 0) is 91.6 Å². The van der Waals surface area contributed by atoms with E-state index in [1.807, 2.05) is 31.2 Å². The van der Waals surface area contributed by atoms with Gasteiger partial charge in [-0.2, -0.15) is 0 Å². The molecule has 262 valence electrons. The zero-order valence-corrected chi connectivity index (χ0v) is 29.2. The van der Waals surface area contributed by atoms with Gasteiger partial charge in [0.1, 0.15) is 17.2 Å². The Labute approximate surface area is 295 Å². The molecule has 1 aliphatic rings. The first-order valence-corrected chi connectivity index (χ1v) is 19.4. The lowest BCUT2D eigenvalue weighted by atomic mass is 9.81. The van der Waals surface area contributed by atoms with E-state index < -0.39 is 26.0 Å². The van der Waals surface area contributed by atoms with Gasteiger partial charge in [-0.3, -0.25) is 14.7 Å². The van der Waals surface area contributed by atoms with Crippen LogP contribution < -0.4 is 19.7 Å². The standard InChI is InChI=1S/C38H35N3O8S2/c1-2-48-27-14-18-30(19-15-27)50(44,45)40-36-23-34-35(38(42)39-43)24-41(37(34)33-9-4-3-8-32(33)36)51(46,47)31-20-16-29(17-21-31)49-28-12-10-26(11-13-28)22-25-6-5-7-25/h3-4,8-21,23-25,40,43H,2,5-7,22H2,1H3,(H,39,42). The second-order valence-corrected chi connectivity index (χ2v) is 15.9. The van der Waals surface area contributed by atoms with Crippen LogP contribution in [0.2, 0.25) is 0 Å². The molecule has 11 nitrogen and oxygen atoms in total. The number of amides is 1. The maximum atomic E-state index is 14.2. The normalized spacial score (nSPS) is 13.5. The molecule has 51 heavy (non-hydrogen) atoms. The van der Waals surface area contributed by atoms with Crippen molar-refractivity contribution in [3.05, 3.63) is 120 Å². The fraction of sp³-hybridized carbons (Fsp3) is 0.184. The molecule has 1 fully saturated rings. The van der Waals surface area contributed by atoms with Crippen LogP contribution in [0.1, 0.15) is 42.1 Å². The van der Waals surface area contributed by atoms with Crippen molar-refractivity contribution in [2.75, 3.05) is 11.3 Å². The Bertz CT molecular complexity index is 2460. The number of carbonyl (C=O) groups excluding carboxylic acids is 1. The largest absolute Gasteiger partial charge is 0.494 e. The smallest absolute Gasteiger partial charge is 0.276 e. The van der Waals surface area contributed by atoms with Crippen LogP contribution in [0.5, 0.6) is 17.2 Å². The Balaban J connectivity index is 1.24. The summed E-state index contributed by atoms with van der Waals surface area (Å²) in [6.45, 7) is 2.24. The quantitative estimate of drug-likeness (QED) is 0.0867. The van der Waals surface area contributed by atoms with Crippen LogP contribution in [0, 0.1) is 5.92 Å². The van der Waals surface area contributed by atoms with Gasteiger partial charge in [0.05, 0.1) is 33.2 Å². The summed E-state index contributed by atoms with van der Waals surface area (Å²) in [5, 5.41) is 10.4. The Morgan fingerprint density at radius 3 is 2.02 bits per heavy atom. The number of sulfonamides is 1. The lowest BCUT2D eigenvalue weighted by Gasteiger charge is -2.25. The van der Waals surface area contributed by atoms with Gasteiger partial charge in [0.2, 0.25) is 0 Å². The molecule has 1 saturated carbocycles. The lowest BCUT2D eigenvalue weighted by molar-refractivity contribution is 0.0708. The summed E-state index contributed by atoms with van der Waals surface area (Å²) in [6, 6.07) is 27.7. The highest BCUT2D eigenvalue weighted by atomic mass is 32.2. The van der Waals surface area contributed by atoms with Gasteiger partial charge in [0.25, 0.3) is 26.0 Å². The van der Waals surface area contributed by atoms with Crippen LogP contribution in [0.15, 0.2) is 119 Å². The van der Waals surface area contributed by atoms with E-state index >= 15 is 0 Å². The predicted molar refractivity (Wildman–Crippen MR) is 194 cm³/mol. The van der Waals surface area contributed by atoms with Crippen molar-refractivity contribution in [3.8, 4) is 17.2 Å². The number of anilines is 1. The zero-order chi connectivity index (χ0) is 35.8. The van der Waals surface area contributed by atoms with Crippen LogP contribution in [0.3, 0.4) is 0 Å². The molecule has 6 aromatic rings. The van der Waals surface area contributed by atoms with Crippen LogP contribution >= 0.6 is 0 Å². The number of ether oxygens (including phenoxy) is 2. The minimum absolute atomic E-state index is 0.0306. The number of carbonyl (C=O) groups is 1. The van der Waals surface area contributed by atoms with Crippen molar-refractivity contribution in [2.24, 2.45) is 5.92 Å². The van der Waals surface area contributed by atoms with Crippen LogP contribution in [-0.2, 0) is 26.5 Å². The molecule has 1 heterocycles. The minimum atomic E-state index is -4.33. The van der Waals surface area contributed by atoms with E-state index in [0.717, 1.165) is 22.5 Å². The number of fused-ring (bicyclic) bond motifs is 3. The third kappa shape index (κ3) is 6.75. The molecule has 0 aliphatic heterocycles. The van der Waals surface area contributed by atoms with Crippen molar-refractivity contribution in [3.63, 3.8) is 0 Å². The first-order valence-electron chi connectivity index (χ1n) is 16.5. The monoisotopic (exact) mass is 725 g/mol. The zero-order valence-electron chi connectivity index (χ0n) is 27.6. The van der Waals surface area contributed by atoms with Gasteiger partial charge in [0.15, 0.2) is 0 Å². The fourth-order valence-electron chi connectivity index (χ4n) is 6.31. The van der Waals surface area contributed by atoms with Gasteiger partial charge in [-0.1, -0.05) is 55.7 Å². The Morgan fingerprint density at radius 2 is 1.41 bits per heavy atom. The summed E-state index contributed by atoms with van der Waals surface area (Å²) in [4.78, 5) is 12.8. The van der Waals surface area contributed by atoms with Gasteiger partial charge < -0.3 is 9.47 Å². The average Bonchev–Trinajstić information content (AvgIpc) is 3.51. The van der Waals surface area contributed by atoms with Crippen molar-refractivity contribution in [2.45, 2.75) is 42.4 Å². The lowest BCUT2D eigenvalue weighted by Crippen LogP contribution is -2.18. The summed E-state index contributed by atoms with van der Waals surface area (Å²) in [5.74, 6) is 1.34. The number of rotatable bonds is 12. The molecule has 7 rings (SSSR count). The number of benzene rings is 5. The average molecular weight is 726 g/mol. The molecular formula is C38H35N3O8S2. The first kappa shape index (κ1) is 34.1. The fourth-order valence-corrected chi connectivity index (χ4v) is 8.77. The van der Waals surface area contributed by atoms with Crippen molar-refractivity contribution >= 4 is 53.3 Å². The number of hydrogen-bond acceptors (Lipinski definition) is 8. The highest BCUT2D eigenvalue weighted by Gasteiger charge is 2.27. The summed E-state index contributed by atoms with van der Waals surface area (Å²) >= 11 is 0. The second-order valence-electron chi connectivity index (χ2n) is 12.4. The summed E-state index contributed by atoms with van der Waals surface area (Å²) in [5.41, 5.74) is 2.86. The van der Waals surface area contributed by atoms with E-state index in [1.165, 1.54) is 55.2 Å². The van der Waals surface area contributed by atoms with E-state index in [4.69, 9.17) is 9.47 Å². The van der Waals surface area contributed by atoms with Gasteiger partial charge in [-0.15, -0.1) is 0 Å². The van der Waals surface area contributed by atoms with Gasteiger partial charge >= 0.3 is 0 Å². The third-order valence-electron chi connectivity index (χ3n) is 9.10. The molecule has 1 amide bonds. The predicted octanol–water partition coefficient (Wildman–Crippen LogP) is 7.48. The Kier molecular flexibility index (Phi) is 9.19. The highest BCUT2D eigenvalue weighted by Crippen LogP contribution is 2.38. The first-order chi connectivity index (χ1) is 24.6. The summed E-state index contributed by atoms with van der Waals surface area (Å²) < 4.78 is 70.4. The molecule has 0 spiro atoms. The molecule has 13 heteroatoms. The van der Waals surface area contributed by atoms with E-state index in [-0.39, 0.29) is 31.9 Å². The molecule has 0 atom stereocenters. The number of nitrogens with zero attached hydrogens (tertiary/aromatic N) is 1. The molecule has 0 radical (unpaired) electrons. The Hall–Kier alpha value is -5.37. The van der Waals surface area contributed by atoms with Gasteiger partial charge in [0, 0.05) is 22.4 Å². The van der Waals surface area contributed by atoms with E-state index in [1.54, 1.807) is 54.0 Å². The Morgan fingerprint density at radius 1 is 0.804 bits per heavy atom. The number of hydroxylamine groups is 1. The maximum absolute atomic E-state index is 14.2. The van der Waals surface area contributed by atoms with E-state index in [0.29, 0.717) is 34.6 Å². The van der Waals surface area contributed by atoms with Crippen LogP contribution in [-0.4, -0.2) is 38.5 Å². The maximum Gasteiger partial charge on any atom is 0.276 e. The molecule has 1 aliphatic carbocycles. The number of hydrogen-bond donors (Lipinski definition) is 3. The molecule has 5 aromatic carbocycles. The van der Waals surface area contributed by atoms with E-state index in [9.17, 15) is 26.8 Å². The van der Waals surface area contributed by atoms with Crippen LogP contribution in [0.25, 0.3) is 21.7 Å². The van der Waals surface area contributed by atoms with Crippen molar-refractivity contribution in [1.29, 1.82) is 0 Å². The third-order valence-corrected chi connectivity index (χ3v) is 12.2. The molecular weight excluding hydrogens is 691 g/mol. The molecule has 1 aromatic heterocycles. The van der Waals surface area contributed by atoms with Crippen molar-refractivity contribution in [1.82, 2.24) is 9.45 Å². The van der Waals surface area contributed by atoms with Crippen molar-refractivity contribution < 1.29 is 36.3 Å². The molecule has 3 N–H and O–H groups in total. The molecule has 0 saturated heterocycles.